The maximum absolute atomic E-state index is 12.7. The van der Waals surface area contributed by atoms with Gasteiger partial charge in [-0.1, -0.05) is 0 Å². The second-order valence-corrected chi connectivity index (χ2v) is 8.40. The number of hydrogen-bond acceptors (Lipinski definition) is 6. The number of rotatable bonds is 6. The second-order valence-electron chi connectivity index (χ2n) is 5.86. The van der Waals surface area contributed by atoms with Gasteiger partial charge in [0.2, 0.25) is 0 Å². The minimum atomic E-state index is -3.85. The van der Waals surface area contributed by atoms with E-state index in [0.717, 1.165) is 0 Å². The van der Waals surface area contributed by atoms with Crippen molar-refractivity contribution in [1.82, 2.24) is 0 Å². The third-order valence-corrected chi connectivity index (χ3v) is 6.08. The van der Waals surface area contributed by atoms with Gasteiger partial charge in [-0.2, -0.15) is 0 Å². The van der Waals surface area contributed by atoms with Crippen LogP contribution in [0.2, 0.25) is 0 Å². The highest BCUT2D eigenvalue weighted by molar-refractivity contribution is 9.10. The fourth-order valence-electron chi connectivity index (χ4n) is 2.73. The Bertz CT molecular complexity index is 1140. The molecule has 0 bridgehead atoms. The van der Waals surface area contributed by atoms with Crippen molar-refractivity contribution in [3.05, 3.63) is 52.2 Å². The molecule has 28 heavy (non-hydrogen) atoms. The van der Waals surface area contributed by atoms with Crippen LogP contribution in [0.5, 0.6) is 5.75 Å². The number of anilines is 1. The quantitative estimate of drug-likeness (QED) is 0.536. The Balaban J connectivity index is 2.03. The van der Waals surface area contributed by atoms with E-state index < -0.39 is 16.0 Å². The Morgan fingerprint density at radius 2 is 1.89 bits per heavy atom. The number of hydrogen-bond donors (Lipinski definition) is 1. The zero-order valence-corrected chi connectivity index (χ0v) is 17.8. The summed E-state index contributed by atoms with van der Waals surface area (Å²) in [5.74, 6) is 0.426. The van der Waals surface area contributed by atoms with Crippen molar-refractivity contribution in [2.24, 2.45) is 0 Å². The number of halogens is 1. The molecule has 0 amide bonds. The van der Waals surface area contributed by atoms with Crippen LogP contribution in [0, 0.1) is 6.92 Å². The van der Waals surface area contributed by atoms with Gasteiger partial charge in [0.25, 0.3) is 10.0 Å². The average Bonchev–Trinajstić information content (AvgIpc) is 2.96. The van der Waals surface area contributed by atoms with Crippen molar-refractivity contribution in [3.8, 4) is 5.75 Å². The number of furan rings is 1. The molecule has 0 fully saturated rings. The van der Waals surface area contributed by atoms with Gasteiger partial charge in [-0.05, 0) is 66.2 Å². The summed E-state index contributed by atoms with van der Waals surface area (Å²) < 4.78 is 44.2. The number of benzene rings is 2. The molecule has 1 heterocycles. The lowest BCUT2D eigenvalue weighted by molar-refractivity contribution is 0.0526. The van der Waals surface area contributed by atoms with Gasteiger partial charge in [0.15, 0.2) is 0 Å². The monoisotopic (exact) mass is 467 g/mol. The number of aryl methyl sites for hydroxylation is 1. The fourth-order valence-corrected chi connectivity index (χ4v) is 4.36. The summed E-state index contributed by atoms with van der Waals surface area (Å²) in [5, 5.41) is 0.464. The summed E-state index contributed by atoms with van der Waals surface area (Å²) in [4.78, 5) is 12.3. The topological polar surface area (TPSA) is 94.8 Å². The summed E-state index contributed by atoms with van der Waals surface area (Å²) in [6.45, 7) is 3.58. The Morgan fingerprint density at radius 1 is 1.21 bits per heavy atom. The van der Waals surface area contributed by atoms with Crippen LogP contribution in [0.3, 0.4) is 0 Å². The minimum Gasteiger partial charge on any atom is -0.497 e. The molecule has 0 aliphatic carbocycles. The van der Waals surface area contributed by atoms with Crippen molar-refractivity contribution in [2.75, 3.05) is 18.4 Å². The number of esters is 1. The minimum absolute atomic E-state index is 0.0780. The highest BCUT2D eigenvalue weighted by Gasteiger charge is 2.22. The standard InChI is InChI=1S/C19H18BrNO6S/c1-4-26-19(22)18-11(2)27-17-10-15(20)16(9-14(17)18)21-28(23,24)13-7-5-12(25-3)6-8-13/h5-10,21H,4H2,1-3H3. The molecule has 148 valence electrons. The molecule has 0 aliphatic rings. The van der Waals surface area contributed by atoms with E-state index in [0.29, 0.717) is 27.0 Å². The van der Waals surface area contributed by atoms with E-state index in [1.54, 1.807) is 38.1 Å². The van der Waals surface area contributed by atoms with E-state index in [9.17, 15) is 13.2 Å². The van der Waals surface area contributed by atoms with Crippen LogP contribution in [-0.4, -0.2) is 28.1 Å². The lowest BCUT2D eigenvalue weighted by Crippen LogP contribution is -2.13. The Labute approximate surface area is 170 Å². The largest absolute Gasteiger partial charge is 0.497 e. The van der Waals surface area contributed by atoms with Crippen molar-refractivity contribution in [1.29, 1.82) is 0 Å². The first-order valence-corrected chi connectivity index (χ1v) is 10.6. The molecule has 0 aliphatic heterocycles. The number of ether oxygens (including phenoxy) is 2. The summed E-state index contributed by atoms with van der Waals surface area (Å²) >= 11 is 3.34. The van der Waals surface area contributed by atoms with Gasteiger partial charge in [-0.15, -0.1) is 0 Å². The molecule has 0 unspecified atom stereocenters. The van der Waals surface area contributed by atoms with Crippen LogP contribution in [0.25, 0.3) is 11.0 Å². The highest BCUT2D eigenvalue weighted by Crippen LogP contribution is 2.35. The normalized spacial score (nSPS) is 11.4. The fraction of sp³-hybridized carbons (Fsp3) is 0.211. The van der Waals surface area contributed by atoms with Gasteiger partial charge >= 0.3 is 5.97 Å². The van der Waals surface area contributed by atoms with E-state index in [1.807, 2.05) is 0 Å². The number of nitrogens with one attached hydrogen (secondary N) is 1. The number of methoxy groups -OCH3 is 1. The van der Waals surface area contributed by atoms with Crippen LogP contribution < -0.4 is 9.46 Å². The smallest absolute Gasteiger partial charge is 0.342 e. The van der Waals surface area contributed by atoms with Gasteiger partial charge in [0.05, 0.1) is 24.3 Å². The van der Waals surface area contributed by atoms with Crippen molar-refractivity contribution in [2.45, 2.75) is 18.7 Å². The maximum Gasteiger partial charge on any atom is 0.342 e. The average molecular weight is 468 g/mol. The van der Waals surface area contributed by atoms with Crippen molar-refractivity contribution >= 4 is 48.6 Å². The molecule has 3 aromatic rings. The van der Waals surface area contributed by atoms with E-state index in [4.69, 9.17) is 13.9 Å². The molecule has 0 radical (unpaired) electrons. The molecule has 3 rings (SSSR count). The number of fused-ring (bicyclic) bond motifs is 1. The van der Waals surface area contributed by atoms with Gasteiger partial charge in [-0.25, -0.2) is 13.2 Å². The van der Waals surface area contributed by atoms with Gasteiger partial charge in [0.1, 0.15) is 22.7 Å². The van der Waals surface area contributed by atoms with Gasteiger partial charge < -0.3 is 13.9 Å². The van der Waals surface area contributed by atoms with Crippen LogP contribution in [0.15, 0.2) is 50.2 Å². The molecule has 0 saturated heterocycles. The third kappa shape index (κ3) is 3.85. The van der Waals surface area contributed by atoms with Crippen LogP contribution in [0.4, 0.5) is 5.69 Å². The maximum atomic E-state index is 12.7. The van der Waals surface area contributed by atoms with Crippen LogP contribution in [-0.2, 0) is 14.8 Å². The SMILES string of the molecule is CCOC(=O)c1c(C)oc2cc(Br)c(NS(=O)(=O)c3ccc(OC)cc3)cc12. The summed E-state index contributed by atoms with van der Waals surface area (Å²) in [7, 11) is -2.35. The van der Waals surface area contributed by atoms with Gasteiger partial charge in [0, 0.05) is 9.86 Å². The molecule has 2 aromatic carbocycles. The van der Waals surface area contributed by atoms with Crippen molar-refractivity contribution in [3.63, 3.8) is 0 Å². The number of sulfonamides is 1. The molecular formula is C19H18BrNO6S. The van der Waals surface area contributed by atoms with Crippen LogP contribution >= 0.6 is 15.9 Å². The van der Waals surface area contributed by atoms with Gasteiger partial charge in [-0.3, -0.25) is 4.72 Å². The van der Waals surface area contributed by atoms with Crippen molar-refractivity contribution < 1.29 is 27.1 Å². The number of carbonyl (C=O) groups is 1. The Hall–Kier alpha value is -2.52. The highest BCUT2D eigenvalue weighted by atomic mass is 79.9. The number of carbonyl (C=O) groups excluding carboxylic acids is 1. The molecule has 1 aromatic heterocycles. The van der Waals surface area contributed by atoms with Crippen LogP contribution in [0.1, 0.15) is 23.0 Å². The summed E-state index contributed by atoms with van der Waals surface area (Å²) in [5.41, 5.74) is 0.990. The van der Waals surface area contributed by atoms with E-state index in [2.05, 4.69) is 20.7 Å². The molecule has 1 N–H and O–H groups in total. The molecule has 0 spiro atoms. The summed E-state index contributed by atoms with van der Waals surface area (Å²) in [6.07, 6.45) is 0. The first-order valence-electron chi connectivity index (χ1n) is 8.33. The predicted octanol–water partition coefficient (Wildman–Crippen LogP) is 4.49. The summed E-state index contributed by atoms with van der Waals surface area (Å²) in [6, 6.07) is 9.16. The Kier molecular flexibility index (Phi) is 5.66. The van der Waals surface area contributed by atoms with E-state index >= 15 is 0 Å². The lowest BCUT2D eigenvalue weighted by atomic mass is 10.1. The van der Waals surface area contributed by atoms with E-state index in [1.165, 1.54) is 19.2 Å². The molecule has 0 atom stereocenters. The van der Waals surface area contributed by atoms with E-state index in [-0.39, 0.29) is 22.8 Å². The lowest BCUT2D eigenvalue weighted by Gasteiger charge is -2.11. The predicted molar refractivity (Wildman–Crippen MR) is 108 cm³/mol. The second kappa shape index (κ2) is 7.84. The molecule has 0 saturated carbocycles. The third-order valence-electron chi connectivity index (χ3n) is 4.05. The zero-order valence-electron chi connectivity index (χ0n) is 15.4. The molecule has 7 nitrogen and oxygen atoms in total. The first-order chi connectivity index (χ1) is 13.3. The molecule has 9 heteroatoms. The Morgan fingerprint density at radius 3 is 2.50 bits per heavy atom. The first kappa shape index (κ1) is 20.2. The zero-order chi connectivity index (χ0) is 20.5. The molecular weight excluding hydrogens is 450 g/mol.